The lowest BCUT2D eigenvalue weighted by Gasteiger charge is -2.27. The van der Waals surface area contributed by atoms with Crippen LogP contribution in [0.5, 0.6) is 0 Å². The molecule has 1 saturated heterocycles. The fraction of sp³-hybridized carbons (Fsp3) is 0.348. The van der Waals surface area contributed by atoms with Gasteiger partial charge in [-0.15, -0.1) is 0 Å². The van der Waals surface area contributed by atoms with E-state index in [4.69, 9.17) is 4.74 Å². The van der Waals surface area contributed by atoms with Gasteiger partial charge in [0.2, 0.25) is 0 Å². The van der Waals surface area contributed by atoms with Crippen LogP contribution in [0.25, 0.3) is 10.8 Å². The zero-order valence-electron chi connectivity index (χ0n) is 16.7. The standard InChI is InChI=1S/C23H24N4O/c1-15-11-20-17(12-25-16(2)21(20)14-24-15)5-6-18-7-8-19(13-26-18)27-22-9-10-28-23(22,3)4/h7-8,11-14,22,27H,9-10H2,1-4H3. The molecule has 1 atom stereocenters. The maximum absolute atomic E-state index is 5.77. The third-order valence-electron chi connectivity index (χ3n) is 5.26. The van der Waals surface area contributed by atoms with Crippen molar-refractivity contribution in [3.05, 3.63) is 59.4 Å². The molecular weight excluding hydrogens is 348 g/mol. The number of aryl methyl sites for hydroxylation is 2. The number of fused-ring (bicyclic) bond motifs is 1. The zero-order chi connectivity index (χ0) is 19.7. The predicted molar refractivity (Wildman–Crippen MR) is 111 cm³/mol. The van der Waals surface area contributed by atoms with E-state index in [1.54, 1.807) is 0 Å². The lowest BCUT2D eigenvalue weighted by atomic mass is 9.99. The molecule has 1 unspecified atom stereocenters. The molecule has 1 aliphatic heterocycles. The SMILES string of the molecule is Cc1cc2c(C#Cc3ccc(NC4CCOC4(C)C)cn3)cnc(C)c2cn1. The van der Waals surface area contributed by atoms with Crippen LogP contribution < -0.4 is 5.32 Å². The smallest absolute Gasteiger partial charge is 0.113 e. The molecule has 4 rings (SSSR count). The van der Waals surface area contributed by atoms with Gasteiger partial charge in [0, 0.05) is 41.2 Å². The first-order chi connectivity index (χ1) is 13.4. The monoisotopic (exact) mass is 372 g/mol. The number of rotatable bonds is 2. The fourth-order valence-corrected chi connectivity index (χ4v) is 3.49. The van der Waals surface area contributed by atoms with Crippen LogP contribution in [0.4, 0.5) is 5.69 Å². The van der Waals surface area contributed by atoms with Crippen LogP contribution in [0.1, 0.15) is 42.9 Å². The van der Waals surface area contributed by atoms with E-state index in [2.05, 4.69) is 52.0 Å². The van der Waals surface area contributed by atoms with Crippen molar-refractivity contribution < 1.29 is 4.74 Å². The fourth-order valence-electron chi connectivity index (χ4n) is 3.49. The highest BCUT2D eigenvalue weighted by Gasteiger charge is 2.35. The molecule has 0 saturated carbocycles. The van der Waals surface area contributed by atoms with Gasteiger partial charge in [-0.3, -0.25) is 9.97 Å². The maximum Gasteiger partial charge on any atom is 0.113 e. The quantitative estimate of drug-likeness (QED) is 0.689. The van der Waals surface area contributed by atoms with Gasteiger partial charge in [0.1, 0.15) is 5.69 Å². The van der Waals surface area contributed by atoms with E-state index in [0.29, 0.717) is 0 Å². The van der Waals surface area contributed by atoms with E-state index < -0.39 is 0 Å². The summed E-state index contributed by atoms with van der Waals surface area (Å²) in [4.78, 5) is 13.3. The molecule has 0 amide bonds. The number of ether oxygens (including phenoxy) is 1. The zero-order valence-corrected chi connectivity index (χ0v) is 16.7. The van der Waals surface area contributed by atoms with Gasteiger partial charge in [-0.25, -0.2) is 4.98 Å². The highest BCUT2D eigenvalue weighted by atomic mass is 16.5. The largest absolute Gasteiger partial charge is 0.378 e. The first-order valence-corrected chi connectivity index (χ1v) is 9.53. The van der Waals surface area contributed by atoms with Gasteiger partial charge in [0.15, 0.2) is 0 Å². The van der Waals surface area contributed by atoms with Gasteiger partial charge in [-0.2, -0.15) is 0 Å². The molecule has 0 radical (unpaired) electrons. The second kappa shape index (κ2) is 7.21. The van der Waals surface area contributed by atoms with Crippen molar-refractivity contribution in [1.82, 2.24) is 15.0 Å². The Kier molecular flexibility index (Phi) is 4.74. The molecule has 3 aromatic rings. The van der Waals surface area contributed by atoms with Crippen molar-refractivity contribution >= 4 is 16.5 Å². The Bertz CT molecular complexity index is 1080. The van der Waals surface area contributed by atoms with Crippen molar-refractivity contribution in [3.63, 3.8) is 0 Å². The van der Waals surface area contributed by atoms with Crippen molar-refractivity contribution in [2.45, 2.75) is 45.8 Å². The van der Waals surface area contributed by atoms with Crippen molar-refractivity contribution in [2.24, 2.45) is 0 Å². The van der Waals surface area contributed by atoms with Crippen LogP contribution in [0.2, 0.25) is 0 Å². The second-order valence-corrected chi connectivity index (χ2v) is 7.75. The number of pyridine rings is 3. The van der Waals surface area contributed by atoms with E-state index in [0.717, 1.165) is 52.1 Å². The minimum Gasteiger partial charge on any atom is -0.378 e. The number of anilines is 1. The summed E-state index contributed by atoms with van der Waals surface area (Å²) in [6, 6.07) is 6.30. The van der Waals surface area contributed by atoms with Gasteiger partial charge in [0.05, 0.1) is 29.1 Å². The molecule has 28 heavy (non-hydrogen) atoms. The van der Waals surface area contributed by atoms with Crippen molar-refractivity contribution in [3.8, 4) is 11.8 Å². The summed E-state index contributed by atoms with van der Waals surface area (Å²) < 4.78 is 5.77. The molecule has 1 fully saturated rings. The van der Waals surface area contributed by atoms with Crippen molar-refractivity contribution in [1.29, 1.82) is 0 Å². The van der Waals surface area contributed by atoms with Gasteiger partial charge >= 0.3 is 0 Å². The van der Waals surface area contributed by atoms with E-state index >= 15 is 0 Å². The minimum absolute atomic E-state index is 0.162. The average molecular weight is 372 g/mol. The summed E-state index contributed by atoms with van der Waals surface area (Å²) in [5.74, 6) is 6.38. The topological polar surface area (TPSA) is 59.9 Å². The third kappa shape index (κ3) is 3.69. The Morgan fingerprint density at radius 3 is 2.61 bits per heavy atom. The Balaban J connectivity index is 1.56. The molecule has 0 bridgehead atoms. The Morgan fingerprint density at radius 1 is 1.04 bits per heavy atom. The number of nitrogens with zero attached hydrogens (tertiary/aromatic N) is 3. The summed E-state index contributed by atoms with van der Waals surface area (Å²) in [5, 5.41) is 5.63. The van der Waals surface area contributed by atoms with Gasteiger partial charge in [-0.1, -0.05) is 5.92 Å². The van der Waals surface area contributed by atoms with Gasteiger partial charge in [0.25, 0.3) is 0 Å². The van der Waals surface area contributed by atoms with Crippen LogP contribution >= 0.6 is 0 Å². The lowest BCUT2D eigenvalue weighted by Crippen LogP contribution is -2.37. The van der Waals surface area contributed by atoms with Crippen molar-refractivity contribution in [2.75, 3.05) is 11.9 Å². The summed E-state index contributed by atoms with van der Waals surface area (Å²) in [5.41, 5.74) is 4.37. The number of hydrogen-bond donors (Lipinski definition) is 1. The summed E-state index contributed by atoms with van der Waals surface area (Å²) in [6.07, 6.45) is 6.52. The number of hydrogen-bond acceptors (Lipinski definition) is 5. The first kappa shape index (κ1) is 18.4. The first-order valence-electron chi connectivity index (χ1n) is 9.53. The maximum atomic E-state index is 5.77. The molecule has 1 aliphatic rings. The van der Waals surface area contributed by atoms with E-state index in [1.165, 1.54) is 0 Å². The van der Waals surface area contributed by atoms with Crippen LogP contribution in [-0.4, -0.2) is 33.2 Å². The molecule has 1 N–H and O–H groups in total. The average Bonchev–Trinajstić information content (AvgIpc) is 3.00. The Labute approximate surface area is 165 Å². The molecule has 0 aliphatic carbocycles. The molecular formula is C23H24N4O. The predicted octanol–water partition coefficient (Wildman–Crippen LogP) is 4.02. The van der Waals surface area contributed by atoms with Crippen LogP contribution in [0.3, 0.4) is 0 Å². The third-order valence-corrected chi connectivity index (χ3v) is 5.26. The normalized spacial score (nSPS) is 17.9. The van der Waals surface area contributed by atoms with Crippen LogP contribution in [0, 0.1) is 25.7 Å². The molecule has 142 valence electrons. The second-order valence-electron chi connectivity index (χ2n) is 7.75. The number of nitrogens with one attached hydrogen (secondary N) is 1. The van der Waals surface area contributed by atoms with Gasteiger partial charge < -0.3 is 10.1 Å². The van der Waals surface area contributed by atoms with E-state index in [9.17, 15) is 0 Å². The highest BCUT2D eigenvalue weighted by Crippen LogP contribution is 2.28. The van der Waals surface area contributed by atoms with E-state index in [1.807, 2.05) is 44.6 Å². The molecule has 0 spiro atoms. The number of aromatic nitrogens is 3. The lowest BCUT2D eigenvalue weighted by molar-refractivity contribution is 0.0315. The Hall–Kier alpha value is -2.97. The van der Waals surface area contributed by atoms with E-state index in [-0.39, 0.29) is 11.6 Å². The Morgan fingerprint density at radius 2 is 1.89 bits per heavy atom. The summed E-state index contributed by atoms with van der Waals surface area (Å²) in [7, 11) is 0. The summed E-state index contributed by atoms with van der Waals surface area (Å²) >= 11 is 0. The molecule has 5 nitrogen and oxygen atoms in total. The van der Waals surface area contributed by atoms with Crippen LogP contribution in [0.15, 0.2) is 36.8 Å². The van der Waals surface area contributed by atoms with Gasteiger partial charge in [-0.05, 0) is 58.2 Å². The van der Waals surface area contributed by atoms with Crippen LogP contribution in [-0.2, 0) is 4.74 Å². The highest BCUT2D eigenvalue weighted by molar-refractivity contribution is 5.89. The molecule has 5 heteroatoms. The molecule has 3 aromatic heterocycles. The molecule has 0 aromatic carbocycles. The molecule has 4 heterocycles. The summed E-state index contributed by atoms with van der Waals surface area (Å²) in [6.45, 7) is 8.98. The minimum atomic E-state index is -0.162.